The van der Waals surface area contributed by atoms with E-state index in [1.54, 1.807) is 51.4 Å². The summed E-state index contributed by atoms with van der Waals surface area (Å²) in [7, 11) is 4.02. The molecule has 21 rings (SSSR count). The largest absolute Gasteiger partial charge is 0.458 e. The Bertz CT molecular complexity index is 6890. The number of fused-ring (bicyclic) bond motifs is 8. The highest BCUT2D eigenvalue weighted by Gasteiger charge is 2.36. The number of anilines is 3. The number of piperazine rings is 3. The molecule has 7 aliphatic rings. The smallest absolute Gasteiger partial charge is 0.324 e. The maximum Gasteiger partial charge on any atom is 0.324 e. The lowest BCUT2D eigenvalue weighted by molar-refractivity contribution is -0.127. The lowest BCUT2D eigenvalue weighted by Gasteiger charge is -2.36. The number of hydrogen-bond acceptors (Lipinski definition) is 27. The van der Waals surface area contributed by atoms with Gasteiger partial charge in [-0.25, -0.2) is 32.5 Å². The van der Waals surface area contributed by atoms with E-state index in [1.807, 2.05) is 24.1 Å². The first kappa shape index (κ1) is 87.6. The highest BCUT2D eigenvalue weighted by molar-refractivity contribution is 6.34. The minimum absolute atomic E-state index is 0.0132. The molecule has 4 saturated heterocycles. The molecule has 2 atom stereocenters. The number of likely N-dealkylation sites (tertiary alicyclic amines) is 1. The predicted molar refractivity (Wildman–Crippen MR) is 488 cm³/mol. The van der Waals surface area contributed by atoms with Crippen LogP contribution in [0.2, 0.25) is 15.1 Å². The average Bonchev–Trinajstić information content (AvgIpc) is 0.882. The first-order valence-corrected chi connectivity index (χ1v) is 44.2. The number of aromatic nitrogens is 15. The average molecular weight is 1860 g/mol. The zero-order chi connectivity index (χ0) is 91.3. The van der Waals surface area contributed by atoms with Crippen LogP contribution < -0.4 is 43.1 Å². The number of H-pyrrole nitrogens is 3. The van der Waals surface area contributed by atoms with Crippen molar-refractivity contribution < 1.29 is 60.4 Å². The summed E-state index contributed by atoms with van der Waals surface area (Å²) < 4.78 is 96.7. The Balaban J connectivity index is 0.000000128. The fraction of sp³-hybridized carbons (Fsp3) is 0.315. The topological polar surface area (TPSA) is 338 Å². The maximum absolute atomic E-state index is 14.8. The third-order valence-corrected chi connectivity index (χ3v) is 25.8. The zero-order valence-corrected chi connectivity index (χ0v) is 74.1. The number of piperidine rings is 1. The van der Waals surface area contributed by atoms with Crippen molar-refractivity contribution >= 4 is 135 Å². The molecule has 33 nitrogen and oxygen atoms in total. The van der Waals surface area contributed by atoms with Gasteiger partial charge in [0.25, 0.3) is 0 Å². The van der Waals surface area contributed by atoms with Crippen LogP contribution in [-0.4, -0.2) is 254 Å². The minimum atomic E-state index is -0.694. The van der Waals surface area contributed by atoms with Crippen molar-refractivity contribution in [2.45, 2.75) is 64.3 Å². The lowest BCUT2D eigenvalue weighted by atomic mass is 9.96. The summed E-state index contributed by atoms with van der Waals surface area (Å²) in [5.74, 6) is 1.04. The summed E-state index contributed by atoms with van der Waals surface area (Å²) in [6, 6.07) is 19.2. The van der Waals surface area contributed by atoms with Gasteiger partial charge in [-0.15, -0.1) is 0 Å². The molecule has 5 fully saturated rings. The second kappa shape index (κ2) is 37.3. The Labute approximate surface area is 766 Å². The molecular formula is C92H87Cl3F4N24O9. The Kier molecular flexibility index (Phi) is 24.7. The minimum Gasteiger partial charge on any atom is -0.458 e. The molecule has 6 aliphatic heterocycles. The number of carbonyl (C=O) groups excluding carboxylic acids is 3. The molecule has 1 aliphatic carbocycles. The summed E-state index contributed by atoms with van der Waals surface area (Å²) in [5, 5.41) is 23.0. The molecule has 132 heavy (non-hydrogen) atoms. The van der Waals surface area contributed by atoms with Crippen molar-refractivity contribution in [1.29, 1.82) is 0 Å². The molecule has 3 N–H and O–H groups in total. The summed E-state index contributed by atoms with van der Waals surface area (Å²) >= 11 is 19.1. The second-order valence-electron chi connectivity index (χ2n) is 33.1. The van der Waals surface area contributed by atoms with E-state index in [4.69, 9.17) is 93.1 Å². The predicted octanol–water partition coefficient (Wildman–Crippen LogP) is 14.9. The first-order valence-electron chi connectivity index (χ1n) is 43.1. The Hall–Kier alpha value is -13.7. The van der Waals surface area contributed by atoms with E-state index in [1.165, 1.54) is 85.7 Å². The van der Waals surface area contributed by atoms with Gasteiger partial charge in [-0.1, -0.05) is 73.6 Å². The van der Waals surface area contributed by atoms with Crippen molar-refractivity contribution in [2.75, 3.05) is 134 Å². The number of benzene rings is 5. The molecule has 1 unspecified atom stereocenters. The number of hydrogen-bond donors (Lipinski definition) is 3. The van der Waals surface area contributed by atoms with Crippen molar-refractivity contribution in [3.8, 4) is 64.4 Å². The monoisotopic (exact) mass is 1850 g/mol. The van der Waals surface area contributed by atoms with E-state index in [0.717, 1.165) is 56.7 Å². The second-order valence-corrected chi connectivity index (χ2v) is 34.2. The van der Waals surface area contributed by atoms with Crippen molar-refractivity contribution in [3.05, 3.63) is 202 Å². The molecule has 1 saturated carbocycles. The standard InChI is InChI=1S/C33H30ClFN8O3.C31H27ClF2N8O3.C28H30ClFN8O3/c1-2-27(44)41-12-14-42(15-13-41)31-22-8-10-36-32(46-30-23-17-37-40-25(23)16-24(35)28(30)34)29(22)38-33(39-31)45-26-5-3-4-19-18-43(20-6-7-20)11-9-21(19)26;1-3-25(43)41-10-12-42(13-11-41)29-18-6-8-35-30(45-28-19-15-36-39-23(19)14-22(34)26(28)32)27(18)37-31(38-29)44-24-5-4-21(33)17-7-9-40(2)16-20(17)24;1-4-22(39)37-9-11-38(12-10-37)26-17-5-7-31-27(41-25-18-14-32-35-20(18)13-19(30)23(25)29)24(17)33-28(34-26)40-21-15-36(3)8-6-16(21)2/h2-5,8,10,16-17,20H,1,6-7,9,11-15,18H2,(H,37,40);3-6,8,14-15H,1,7,9-13,16H2,2H3,(H,36,39);4-5,7,13-14,16,21H,1,6,8-12,15H2,2-3H3,(H,32,35)/t;;16-,21?/m..1/s1. The van der Waals surface area contributed by atoms with Gasteiger partial charge in [0, 0.05) is 165 Å². The molecule has 0 spiro atoms. The highest BCUT2D eigenvalue weighted by Crippen LogP contribution is 2.47. The molecule has 3 amide bonds. The number of rotatable bonds is 19. The highest BCUT2D eigenvalue weighted by atomic mass is 35.5. The number of aromatic amines is 3. The van der Waals surface area contributed by atoms with Gasteiger partial charge >= 0.3 is 18.0 Å². The third-order valence-electron chi connectivity index (χ3n) is 24.8. The first-order chi connectivity index (χ1) is 64.1. The Morgan fingerprint density at radius 3 is 1.29 bits per heavy atom. The van der Waals surface area contributed by atoms with Crippen molar-refractivity contribution in [1.82, 2.24) is 105 Å². The van der Waals surface area contributed by atoms with E-state index < -0.39 is 17.5 Å². The molecular weight excluding hydrogens is 1770 g/mol. The van der Waals surface area contributed by atoms with Gasteiger partial charge in [-0.2, -0.15) is 45.2 Å². The number of halogens is 7. The van der Waals surface area contributed by atoms with Crippen LogP contribution in [0.3, 0.4) is 0 Å². The summed E-state index contributed by atoms with van der Waals surface area (Å²) in [4.78, 5) is 97.1. The van der Waals surface area contributed by atoms with Gasteiger partial charge in [-0.3, -0.25) is 34.6 Å². The Morgan fingerprint density at radius 2 is 0.856 bits per heavy atom. The van der Waals surface area contributed by atoms with Crippen molar-refractivity contribution in [2.24, 2.45) is 5.92 Å². The van der Waals surface area contributed by atoms with Gasteiger partial charge < -0.3 is 67.6 Å². The van der Waals surface area contributed by atoms with Gasteiger partial charge in [0.1, 0.15) is 89.9 Å². The van der Waals surface area contributed by atoms with Crippen LogP contribution in [0.1, 0.15) is 48.4 Å². The number of carbonyl (C=O) groups is 3. The number of nitrogens with one attached hydrogen (secondary N) is 3. The number of pyridine rings is 3. The molecule has 678 valence electrons. The van der Waals surface area contributed by atoms with Gasteiger partial charge in [0.15, 0.2) is 17.2 Å². The van der Waals surface area contributed by atoms with Crippen LogP contribution in [0.25, 0.3) is 65.4 Å². The molecule has 9 aromatic heterocycles. The number of amides is 3. The van der Waals surface area contributed by atoms with Crippen LogP contribution >= 0.6 is 34.8 Å². The number of nitrogens with zero attached hydrogens (tertiary/aromatic N) is 21. The number of ether oxygens (including phenoxy) is 6. The van der Waals surface area contributed by atoms with Crippen molar-refractivity contribution in [3.63, 3.8) is 0 Å². The molecule has 5 aromatic carbocycles. The molecule has 40 heteroatoms. The van der Waals surface area contributed by atoms with Gasteiger partial charge in [-0.05, 0) is 124 Å². The van der Waals surface area contributed by atoms with E-state index >= 15 is 0 Å². The molecule has 0 bridgehead atoms. The lowest BCUT2D eigenvalue weighted by Crippen LogP contribution is -2.48. The summed E-state index contributed by atoms with van der Waals surface area (Å²) in [5.41, 5.74) is 6.03. The zero-order valence-electron chi connectivity index (χ0n) is 71.9. The maximum atomic E-state index is 14.8. The van der Waals surface area contributed by atoms with Crippen LogP contribution in [0.5, 0.6) is 64.4 Å². The van der Waals surface area contributed by atoms with Crippen LogP contribution in [-0.2, 0) is 40.3 Å². The third kappa shape index (κ3) is 17.7. The van der Waals surface area contributed by atoms with E-state index in [2.05, 4.69) is 110 Å². The van der Waals surface area contributed by atoms with Gasteiger partial charge in [0.2, 0.25) is 35.4 Å². The molecule has 14 aromatic rings. The van der Waals surface area contributed by atoms with E-state index in [-0.39, 0.29) is 103 Å². The summed E-state index contributed by atoms with van der Waals surface area (Å²) in [6.45, 7) is 23.9. The molecule has 15 heterocycles. The SMILES string of the molecule is C=CC(=O)N1CCN(c2nc(OC3CN(C)CC[C@H]3C)nc3c(Oc4c(Cl)c(F)cc5[nH]ncc45)nccc23)CC1.C=CC(=O)N1CCN(c2nc(Oc3ccc(F)c4c3CN(C)CC4)nc3c(Oc4c(Cl)c(F)cc5[nH]ncc45)nccc23)CC1.C=CC(=O)N1CCN(c2nc(Oc3cccc4c3CCN(C3CC3)C4)nc3c(Oc4c(Cl)c(F)cc5[nH]ncc45)nccc23)CC1. The fourth-order valence-corrected chi connectivity index (χ4v) is 18.0. The van der Waals surface area contributed by atoms with Crippen LogP contribution in [0, 0.1) is 29.2 Å². The van der Waals surface area contributed by atoms with E-state index in [0.29, 0.717) is 198 Å². The van der Waals surface area contributed by atoms with E-state index in [9.17, 15) is 31.9 Å². The quantitative estimate of drug-likeness (QED) is 0.0500. The Morgan fingerprint density at radius 1 is 0.439 bits per heavy atom. The van der Waals surface area contributed by atoms with Gasteiger partial charge in [0.05, 0.1) is 67.5 Å². The van der Waals surface area contributed by atoms with Crippen LogP contribution in [0.4, 0.5) is 35.0 Å². The normalized spacial score (nSPS) is 17.3. The fourth-order valence-electron chi connectivity index (χ4n) is 17.4. The van der Waals surface area contributed by atoms with Crippen LogP contribution in [0.15, 0.2) is 142 Å². The summed E-state index contributed by atoms with van der Waals surface area (Å²) in [6.07, 6.45) is 18.0. The molecule has 0 radical (unpaired) electrons. The number of likely N-dealkylation sites (N-methyl/N-ethyl adjacent to an activating group) is 2.